The summed E-state index contributed by atoms with van der Waals surface area (Å²) in [5, 5.41) is 2.11. The van der Waals surface area contributed by atoms with Gasteiger partial charge in [-0.1, -0.05) is 11.6 Å². The molecule has 1 aliphatic heterocycles. The molecule has 1 saturated heterocycles. The van der Waals surface area contributed by atoms with Crippen LogP contribution < -0.4 is 4.90 Å². The maximum absolute atomic E-state index is 6.01. The Morgan fingerprint density at radius 2 is 1.86 bits per heavy atom. The van der Waals surface area contributed by atoms with Crippen LogP contribution in [0.3, 0.4) is 0 Å². The molecule has 28 heavy (non-hydrogen) atoms. The summed E-state index contributed by atoms with van der Waals surface area (Å²) in [4.78, 5) is 18.8. The highest BCUT2D eigenvalue weighted by atomic mass is 35.5. The molecule has 2 aromatic heterocycles. The fourth-order valence-electron chi connectivity index (χ4n) is 4.01. The van der Waals surface area contributed by atoms with E-state index in [2.05, 4.69) is 29.0 Å². The molecule has 1 aromatic carbocycles. The molecule has 0 spiro atoms. The number of rotatable bonds is 4. The summed E-state index contributed by atoms with van der Waals surface area (Å²) in [6.45, 7) is 4.26. The van der Waals surface area contributed by atoms with Gasteiger partial charge >= 0.3 is 0 Å². The SMILES string of the molecule is CN1CCN(c2nc(CSc3ccc(Cl)cc3)nc3sc4c(c23)CCC4)CC1. The molecule has 0 atom stereocenters. The molecular formula is C21H23ClN4S2. The van der Waals surface area contributed by atoms with Gasteiger partial charge in [-0.3, -0.25) is 0 Å². The number of hydrogen-bond acceptors (Lipinski definition) is 6. The number of halogens is 1. The first-order valence-corrected chi connectivity index (χ1v) is 12.0. The topological polar surface area (TPSA) is 32.3 Å². The van der Waals surface area contributed by atoms with Gasteiger partial charge in [0.1, 0.15) is 16.5 Å². The number of benzene rings is 1. The molecule has 3 aromatic rings. The Morgan fingerprint density at radius 3 is 2.64 bits per heavy atom. The Kier molecular flexibility index (Phi) is 5.22. The average Bonchev–Trinajstić information content (AvgIpc) is 3.28. The Labute approximate surface area is 178 Å². The van der Waals surface area contributed by atoms with E-state index in [-0.39, 0.29) is 0 Å². The highest BCUT2D eigenvalue weighted by molar-refractivity contribution is 7.98. The third-order valence-electron chi connectivity index (χ3n) is 5.58. The number of aryl methyl sites for hydroxylation is 2. The van der Waals surface area contributed by atoms with Crippen molar-refractivity contribution >= 4 is 50.7 Å². The predicted octanol–water partition coefficient (Wildman–Crippen LogP) is 4.88. The van der Waals surface area contributed by atoms with Crippen molar-refractivity contribution in [2.45, 2.75) is 29.9 Å². The van der Waals surface area contributed by atoms with Crippen molar-refractivity contribution in [3.63, 3.8) is 0 Å². The van der Waals surface area contributed by atoms with Crippen LogP contribution in [0, 0.1) is 0 Å². The maximum atomic E-state index is 6.01. The number of likely N-dealkylation sites (N-methyl/N-ethyl adjacent to an activating group) is 1. The third-order valence-corrected chi connectivity index (χ3v) is 8.02. The number of thiophene rings is 1. The number of thioether (sulfide) groups is 1. The van der Waals surface area contributed by atoms with Gasteiger partial charge in [0.2, 0.25) is 0 Å². The van der Waals surface area contributed by atoms with Gasteiger partial charge in [0, 0.05) is 41.0 Å². The molecule has 1 fully saturated rings. The highest BCUT2D eigenvalue weighted by Crippen LogP contribution is 2.41. The first-order valence-electron chi connectivity index (χ1n) is 9.80. The van der Waals surface area contributed by atoms with E-state index < -0.39 is 0 Å². The predicted molar refractivity (Wildman–Crippen MR) is 120 cm³/mol. The van der Waals surface area contributed by atoms with Crippen LogP contribution in [0.15, 0.2) is 29.2 Å². The molecule has 0 N–H and O–H groups in total. The van der Waals surface area contributed by atoms with E-state index in [1.54, 1.807) is 11.8 Å². The molecule has 5 rings (SSSR count). The van der Waals surface area contributed by atoms with E-state index in [9.17, 15) is 0 Å². The van der Waals surface area contributed by atoms with Gasteiger partial charge in [-0.25, -0.2) is 9.97 Å². The largest absolute Gasteiger partial charge is 0.353 e. The molecule has 1 aliphatic carbocycles. The lowest BCUT2D eigenvalue weighted by molar-refractivity contribution is 0.312. The summed E-state index contributed by atoms with van der Waals surface area (Å²) < 4.78 is 0. The molecular weight excluding hydrogens is 408 g/mol. The number of anilines is 1. The maximum Gasteiger partial charge on any atom is 0.142 e. The minimum atomic E-state index is 0.771. The third kappa shape index (κ3) is 3.63. The number of aromatic nitrogens is 2. The van der Waals surface area contributed by atoms with Crippen LogP contribution >= 0.6 is 34.7 Å². The highest BCUT2D eigenvalue weighted by Gasteiger charge is 2.26. The van der Waals surface area contributed by atoms with E-state index in [0.717, 1.165) is 42.8 Å². The number of piperazine rings is 1. The molecule has 4 nitrogen and oxygen atoms in total. The van der Waals surface area contributed by atoms with Gasteiger partial charge in [0.15, 0.2) is 0 Å². The van der Waals surface area contributed by atoms with Crippen LogP contribution in [0.2, 0.25) is 5.02 Å². The van der Waals surface area contributed by atoms with Crippen molar-refractivity contribution in [1.82, 2.24) is 14.9 Å². The molecule has 0 bridgehead atoms. The molecule has 2 aliphatic rings. The van der Waals surface area contributed by atoms with Crippen LogP contribution in [-0.2, 0) is 18.6 Å². The minimum absolute atomic E-state index is 0.771. The molecule has 146 valence electrons. The molecule has 0 saturated carbocycles. The minimum Gasteiger partial charge on any atom is -0.353 e. The lowest BCUT2D eigenvalue weighted by atomic mass is 10.1. The summed E-state index contributed by atoms with van der Waals surface area (Å²) in [6.07, 6.45) is 3.65. The van der Waals surface area contributed by atoms with E-state index >= 15 is 0 Å². The standard InChI is InChI=1S/C21H23ClN4S2/c1-25-9-11-26(12-10-25)20-19-16-3-2-4-17(16)28-21(19)24-18(23-20)13-27-15-7-5-14(22)6-8-15/h5-8H,2-4,9-13H2,1H3. The zero-order valence-corrected chi connectivity index (χ0v) is 18.3. The van der Waals surface area contributed by atoms with Gasteiger partial charge in [-0.15, -0.1) is 23.1 Å². The Morgan fingerprint density at radius 1 is 1.07 bits per heavy atom. The van der Waals surface area contributed by atoms with E-state index in [1.807, 2.05) is 23.5 Å². The van der Waals surface area contributed by atoms with Crippen molar-refractivity contribution in [3.05, 3.63) is 45.6 Å². The lowest BCUT2D eigenvalue weighted by Gasteiger charge is -2.33. The molecule has 0 radical (unpaired) electrons. The fraction of sp³-hybridized carbons (Fsp3) is 0.429. The molecule has 7 heteroatoms. The molecule has 0 amide bonds. The van der Waals surface area contributed by atoms with Crippen molar-refractivity contribution in [2.24, 2.45) is 0 Å². The number of fused-ring (bicyclic) bond motifs is 3. The van der Waals surface area contributed by atoms with Gasteiger partial charge in [-0.2, -0.15) is 0 Å². The zero-order valence-electron chi connectivity index (χ0n) is 15.9. The average molecular weight is 431 g/mol. The van der Waals surface area contributed by atoms with Gasteiger partial charge in [0.05, 0.1) is 11.1 Å². The summed E-state index contributed by atoms with van der Waals surface area (Å²) in [6, 6.07) is 8.00. The first-order chi connectivity index (χ1) is 13.7. The van der Waals surface area contributed by atoms with Crippen LogP contribution in [0.1, 0.15) is 22.7 Å². The van der Waals surface area contributed by atoms with Crippen molar-refractivity contribution in [3.8, 4) is 0 Å². The first kappa shape index (κ1) is 18.7. The van der Waals surface area contributed by atoms with Crippen molar-refractivity contribution in [2.75, 3.05) is 38.1 Å². The zero-order chi connectivity index (χ0) is 19.1. The van der Waals surface area contributed by atoms with Gasteiger partial charge in [-0.05, 0) is 56.1 Å². The Balaban J connectivity index is 1.49. The summed E-state index contributed by atoms with van der Waals surface area (Å²) >= 11 is 9.67. The second-order valence-corrected chi connectivity index (χ2v) is 10.1. The fourth-order valence-corrected chi connectivity index (χ4v) is 6.16. The monoisotopic (exact) mass is 430 g/mol. The van der Waals surface area contributed by atoms with E-state index in [4.69, 9.17) is 21.6 Å². The second-order valence-electron chi connectivity index (χ2n) is 7.53. The van der Waals surface area contributed by atoms with Crippen LogP contribution in [-0.4, -0.2) is 48.1 Å². The second kappa shape index (κ2) is 7.82. The van der Waals surface area contributed by atoms with Crippen molar-refractivity contribution < 1.29 is 0 Å². The molecule has 3 heterocycles. The molecule has 0 unspecified atom stereocenters. The quantitative estimate of drug-likeness (QED) is 0.551. The normalized spacial score (nSPS) is 17.4. The van der Waals surface area contributed by atoms with Crippen LogP contribution in [0.5, 0.6) is 0 Å². The Hall–Kier alpha value is -1.34. The van der Waals surface area contributed by atoms with E-state index in [1.165, 1.54) is 50.6 Å². The summed E-state index contributed by atoms with van der Waals surface area (Å²) in [5.41, 5.74) is 1.52. The van der Waals surface area contributed by atoms with Crippen LogP contribution in [0.4, 0.5) is 5.82 Å². The summed E-state index contributed by atoms with van der Waals surface area (Å²) in [7, 11) is 2.20. The van der Waals surface area contributed by atoms with Crippen LogP contribution in [0.25, 0.3) is 10.2 Å². The van der Waals surface area contributed by atoms with Crippen molar-refractivity contribution in [1.29, 1.82) is 0 Å². The van der Waals surface area contributed by atoms with Gasteiger partial charge < -0.3 is 9.80 Å². The lowest BCUT2D eigenvalue weighted by Crippen LogP contribution is -2.45. The number of nitrogens with zero attached hydrogens (tertiary/aromatic N) is 4. The smallest absolute Gasteiger partial charge is 0.142 e. The number of hydrogen-bond donors (Lipinski definition) is 0. The van der Waals surface area contributed by atoms with E-state index in [0.29, 0.717) is 0 Å². The van der Waals surface area contributed by atoms with Gasteiger partial charge in [0.25, 0.3) is 0 Å². The Bertz CT molecular complexity index is 994. The summed E-state index contributed by atoms with van der Waals surface area (Å²) in [5.74, 6) is 2.88.